The standard InChI is InChI=1S/C28H34O9/c1-9-14(2)27(29)37-26-17-12-18(31-5)22(32-6)25(34-8)21(17)20-16(10-15(3)28(26,4)30)11-19-23(24(20)33-7)36-13-35-19/h9,11-12,15,26,30H,10,13H2,1-8H3/b14-9+/t15?,26?,28-/m1/s1. The zero-order valence-electron chi connectivity index (χ0n) is 22.5. The van der Waals surface area contributed by atoms with Crippen molar-refractivity contribution in [2.45, 2.75) is 45.8 Å². The molecule has 0 saturated carbocycles. The van der Waals surface area contributed by atoms with Crippen molar-refractivity contribution in [2.75, 3.05) is 35.2 Å². The molecule has 1 N–H and O–H groups in total. The van der Waals surface area contributed by atoms with E-state index in [9.17, 15) is 9.90 Å². The summed E-state index contributed by atoms with van der Waals surface area (Å²) < 4.78 is 40.6. The van der Waals surface area contributed by atoms with Gasteiger partial charge in [0.05, 0.1) is 28.4 Å². The Morgan fingerprint density at radius 2 is 1.70 bits per heavy atom. The number of hydrogen-bond donors (Lipinski definition) is 1. The Morgan fingerprint density at radius 1 is 1.03 bits per heavy atom. The molecule has 1 aliphatic carbocycles. The average Bonchev–Trinajstić information content (AvgIpc) is 3.36. The summed E-state index contributed by atoms with van der Waals surface area (Å²) >= 11 is 0. The van der Waals surface area contributed by atoms with Gasteiger partial charge in [0.1, 0.15) is 5.60 Å². The van der Waals surface area contributed by atoms with E-state index in [-0.39, 0.29) is 12.7 Å². The van der Waals surface area contributed by atoms with E-state index in [1.54, 1.807) is 40.0 Å². The number of esters is 1. The van der Waals surface area contributed by atoms with Gasteiger partial charge in [-0.15, -0.1) is 0 Å². The van der Waals surface area contributed by atoms with Crippen LogP contribution in [0.25, 0.3) is 11.1 Å². The van der Waals surface area contributed by atoms with Crippen LogP contribution in [0.3, 0.4) is 0 Å². The molecule has 2 aromatic rings. The average molecular weight is 515 g/mol. The summed E-state index contributed by atoms with van der Waals surface area (Å²) in [6.07, 6.45) is 0.998. The van der Waals surface area contributed by atoms with Crippen LogP contribution in [0.15, 0.2) is 23.8 Å². The zero-order chi connectivity index (χ0) is 27.1. The molecule has 0 bridgehead atoms. The van der Waals surface area contributed by atoms with E-state index in [2.05, 4.69) is 0 Å². The first-order valence-electron chi connectivity index (χ1n) is 12.0. The van der Waals surface area contributed by atoms with Crippen LogP contribution in [0.2, 0.25) is 0 Å². The van der Waals surface area contributed by atoms with Gasteiger partial charge in [0, 0.05) is 22.3 Å². The third-order valence-corrected chi connectivity index (χ3v) is 7.33. The summed E-state index contributed by atoms with van der Waals surface area (Å²) in [5, 5.41) is 12.0. The third-order valence-electron chi connectivity index (χ3n) is 7.33. The Morgan fingerprint density at radius 3 is 2.30 bits per heavy atom. The van der Waals surface area contributed by atoms with Gasteiger partial charge in [-0.2, -0.15) is 0 Å². The summed E-state index contributed by atoms with van der Waals surface area (Å²) in [6.45, 7) is 7.05. The highest BCUT2D eigenvalue weighted by Gasteiger charge is 2.47. The zero-order valence-corrected chi connectivity index (χ0v) is 22.5. The van der Waals surface area contributed by atoms with Crippen molar-refractivity contribution in [2.24, 2.45) is 5.92 Å². The number of fused-ring (bicyclic) bond motifs is 4. The second-order valence-electron chi connectivity index (χ2n) is 9.38. The predicted octanol–water partition coefficient (Wildman–Crippen LogP) is 4.61. The summed E-state index contributed by atoms with van der Waals surface area (Å²) in [5.41, 5.74) is 1.46. The monoisotopic (exact) mass is 514 g/mol. The molecular formula is C28H34O9. The number of hydrogen-bond acceptors (Lipinski definition) is 9. The molecule has 9 heteroatoms. The SMILES string of the molecule is C/C=C(\C)C(=O)OC1c2cc(OC)c(OC)c(OC)c2-c2c(cc3c(c2OC)OCO3)CC(C)[C@@]1(C)O. The maximum atomic E-state index is 13.0. The lowest BCUT2D eigenvalue weighted by atomic mass is 9.73. The first-order chi connectivity index (χ1) is 17.6. The molecule has 37 heavy (non-hydrogen) atoms. The van der Waals surface area contributed by atoms with Gasteiger partial charge >= 0.3 is 5.97 Å². The number of carbonyl (C=O) groups is 1. The highest BCUT2D eigenvalue weighted by molar-refractivity contribution is 5.90. The van der Waals surface area contributed by atoms with Crippen LogP contribution >= 0.6 is 0 Å². The number of aliphatic hydroxyl groups is 1. The molecule has 0 aromatic heterocycles. The fourth-order valence-electron chi connectivity index (χ4n) is 4.94. The topological polar surface area (TPSA) is 102 Å². The normalized spacial score (nSPS) is 22.2. The van der Waals surface area contributed by atoms with Crippen LogP contribution in [0.4, 0.5) is 0 Å². The van der Waals surface area contributed by atoms with Gasteiger partial charge in [0.15, 0.2) is 29.1 Å². The van der Waals surface area contributed by atoms with Gasteiger partial charge in [-0.25, -0.2) is 4.79 Å². The highest BCUT2D eigenvalue weighted by Crippen LogP contribution is 2.59. The number of ether oxygens (including phenoxy) is 7. The minimum atomic E-state index is -1.48. The van der Waals surface area contributed by atoms with E-state index in [1.807, 2.05) is 13.0 Å². The van der Waals surface area contributed by atoms with Crippen molar-refractivity contribution < 1.29 is 43.1 Å². The predicted molar refractivity (Wildman–Crippen MR) is 136 cm³/mol. The second-order valence-corrected chi connectivity index (χ2v) is 9.38. The Kier molecular flexibility index (Phi) is 7.19. The van der Waals surface area contributed by atoms with Gasteiger partial charge in [-0.3, -0.25) is 0 Å². The van der Waals surface area contributed by atoms with E-state index >= 15 is 0 Å². The van der Waals surface area contributed by atoms with E-state index in [1.165, 1.54) is 21.3 Å². The molecule has 0 spiro atoms. The lowest BCUT2D eigenvalue weighted by molar-refractivity contribution is -0.166. The van der Waals surface area contributed by atoms with Crippen molar-refractivity contribution in [1.29, 1.82) is 0 Å². The van der Waals surface area contributed by atoms with Crippen LogP contribution in [-0.4, -0.2) is 51.9 Å². The Labute approximate surface area is 216 Å². The molecule has 0 saturated heterocycles. The van der Waals surface area contributed by atoms with Crippen LogP contribution in [-0.2, 0) is 16.0 Å². The van der Waals surface area contributed by atoms with Crippen molar-refractivity contribution in [3.63, 3.8) is 0 Å². The van der Waals surface area contributed by atoms with Crippen LogP contribution in [0.1, 0.15) is 44.9 Å². The summed E-state index contributed by atoms with van der Waals surface area (Å²) in [5.74, 6) is 1.60. The van der Waals surface area contributed by atoms with Crippen LogP contribution in [0.5, 0.6) is 34.5 Å². The third kappa shape index (κ3) is 4.21. The molecule has 1 aliphatic heterocycles. The summed E-state index contributed by atoms with van der Waals surface area (Å²) in [6, 6.07) is 3.60. The first kappa shape index (κ1) is 26.5. The minimum Gasteiger partial charge on any atom is -0.493 e. The molecule has 2 aliphatic rings. The van der Waals surface area contributed by atoms with Gasteiger partial charge in [-0.1, -0.05) is 13.0 Å². The van der Waals surface area contributed by atoms with E-state index in [0.717, 1.165) is 5.56 Å². The Hall–Kier alpha value is -3.59. The van der Waals surface area contributed by atoms with Crippen LogP contribution < -0.4 is 28.4 Å². The molecule has 3 atom stereocenters. The van der Waals surface area contributed by atoms with Crippen molar-refractivity contribution in [3.05, 3.63) is 34.9 Å². The molecule has 2 aromatic carbocycles. The Balaban J connectivity index is 2.17. The number of benzene rings is 2. The quantitative estimate of drug-likeness (QED) is 0.437. The molecule has 200 valence electrons. The van der Waals surface area contributed by atoms with E-state index < -0.39 is 17.7 Å². The summed E-state index contributed by atoms with van der Waals surface area (Å²) in [4.78, 5) is 13.0. The molecule has 4 rings (SSSR count). The fourth-order valence-corrected chi connectivity index (χ4v) is 4.94. The number of rotatable bonds is 6. The fraction of sp³-hybridized carbons (Fsp3) is 0.464. The number of allylic oxidation sites excluding steroid dienone is 1. The van der Waals surface area contributed by atoms with Crippen molar-refractivity contribution in [1.82, 2.24) is 0 Å². The molecule has 2 unspecified atom stereocenters. The van der Waals surface area contributed by atoms with Crippen molar-refractivity contribution >= 4 is 5.97 Å². The van der Waals surface area contributed by atoms with Gasteiger partial charge < -0.3 is 38.3 Å². The van der Waals surface area contributed by atoms with Crippen LogP contribution in [0, 0.1) is 5.92 Å². The first-order valence-corrected chi connectivity index (χ1v) is 12.0. The van der Waals surface area contributed by atoms with Gasteiger partial charge in [0.25, 0.3) is 0 Å². The summed E-state index contributed by atoms with van der Waals surface area (Å²) in [7, 11) is 6.08. The maximum Gasteiger partial charge on any atom is 0.334 e. The maximum absolute atomic E-state index is 13.0. The second kappa shape index (κ2) is 10.0. The highest BCUT2D eigenvalue weighted by atomic mass is 16.7. The van der Waals surface area contributed by atoms with Gasteiger partial charge in [-0.05, 0) is 50.8 Å². The Bertz CT molecular complexity index is 1250. The lowest BCUT2D eigenvalue weighted by Crippen LogP contribution is -2.44. The molecule has 0 fully saturated rings. The molecule has 9 nitrogen and oxygen atoms in total. The molecule has 0 amide bonds. The molecule has 1 heterocycles. The van der Waals surface area contributed by atoms with Gasteiger partial charge in [0.2, 0.25) is 18.3 Å². The van der Waals surface area contributed by atoms with E-state index in [0.29, 0.717) is 63.2 Å². The smallest absolute Gasteiger partial charge is 0.334 e. The lowest BCUT2D eigenvalue weighted by Gasteiger charge is -2.41. The minimum absolute atomic E-state index is 0.0562. The largest absolute Gasteiger partial charge is 0.493 e. The number of carbonyl (C=O) groups excluding carboxylic acids is 1. The number of methoxy groups -OCH3 is 4. The molecular weight excluding hydrogens is 480 g/mol. The van der Waals surface area contributed by atoms with E-state index in [4.69, 9.17) is 33.2 Å². The molecule has 0 radical (unpaired) electrons. The van der Waals surface area contributed by atoms with Crippen molar-refractivity contribution in [3.8, 4) is 45.6 Å².